The Kier molecular flexibility index (Phi) is 22.3. The lowest BCUT2D eigenvalue weighted by Crippen LogP contribution is -2.50. The van der Waals surface area contributed by atoms with Crippen molar-refractivity contribution in [3.05, 3.63) is 119 Å². The average Bonchev–Trinajstić information content (AvgIpc) is 4.02. The van der Waals surface area contributed by atoms with Gasteiger partial charge in [0.15, 0.2) is 12.2 Å². The number of nitrogens with one attached hydrogen (secondary N) is 4. The minimum absolute atomic E-state index is 0.0253. The zero-order valence-corrected chi connectivity index (χ0v) is 45.8. The quantitative estimate of drug-likeness (QED) is 0.0396. The number of hydrogen-bond acceptors (Lipinski definition) is 16. The normalized spacial score (nSPS) is 20.6. The Morgan fingerprint density at radius 1 is 0.474 bits per heavy atom. The summed E-state index contributed by atoms with van der Waals surface area (Å²) in [6.07, 6.45) is 4.74. The monoisotopic (exact) mass is 1120 g/mol. The van der Waals surface area contributed by atoms with Crippen LogP contribution in [0.4, 0.5) is 0 Å². The van der Waals surface area contributed by atoms with E-state index < -0.39 is 44.1 Å². The molecule has 20 nitrogen and oxygen atoms in total. The Balaban J connectivity index is 0.611. The molecule has 6 atom stereocenters. The first-order chi connectivity index (χ1) is 37.9. The molecule has 0 aromatic heterocycles. The summed E-state index contributed by atoms with van der Waals surface area (Å²) in [5.74, 6) is -0.735. The first-order valence-electron chi connectivity index (χ1n) is 27.3. The number of ether oxygens (including phenoxy) is 6. The second kappa shape index (κ2) is 29.4. The number of benzene rings is 4. The molecule has 0 unspecified atom stereocenters. The number of hydrogen-bond donors (Lipinski definition) is 6. The van der Waals surface area contributed by atoms with Gasteiger partial charge in [0.05, 0.1) is 74.7 Å². The largest absolute Gasteiger partial charge is 0.484 e. The fraction of sp³-hybridized carbons (Fsp3) is 0.536. The van der Waals surface area contributed by atoms with Gasteiger partial charge in [-0.05, 0) is 135 Å². The van der Waals surface area contributed by atoms with Gasteiger partial charge < -0.3 is 49.3 Å². The van der Waals surface area contributed by atoms with Crippen molar-refractivity contribution in [2.45, 2.75) is 97.7 Å². The van der Waals surface area contributed by atoms with E-state index in [1.54, 1.807) is 24.3 Å². The van der Waals surface area contributed by atoms with Gasteiger partial charge in [0.2, 0.25) is 20.0 Å². The Morgan fingerprint density at radius 3 is 1.19 bits per heavy atom. The maximum atomic E-state index is 13.0. The van der Waals surface area contributed by atoms with E-state index in [1.807, 2.05) is 12.1 Å². The maximum absolute atomic E-state index is 13.0. The molecule has 0 bridgehead atoms. The molecular formula is C56H76N6O14S2. The van der Waals surface area contributed by atoms with Crippen molar-refractivity contribution >= 4 is 31.9 Å². The lowest BCUT2D eigenvalue weighted by Gasteiger charge is -2.35. The summed E-state index contributed by atoms with van der Waals surface area (Å²) in [7, 11) is -7.60. The number of piperidine rings is 2. The fourth-order valence-corrected chi connectivity index (χ4v) is 12.5. The van der Waals surface area contributed by atoms with Crippen molar-refractivity contribution in [2.75, 3.05) is 105 Å². The smallest absolute Gasteiger partial charge is 0.252 e. The van der Waals surface area contributed by atoms with Crippen LogP contribution in [0.5, 0.6) is 11.5 Å². The Bertz CT molecular complexity index is 2560. The van der Waals surface area contributed by atoms with Gasteiger partial charge >= 0.3 is 0 Å². The highest BCUT2D eigenvalue weighted by Gasteiger charge is 2.40. The number of aliphatic hydroxyl groups excluding tert-OH is 2. The van der Waals surface area contributed by atoms with E-state index in [0.717, 1.165) is 39.0 Å². The van der Waals surface area contributed by atoms with E-state index in [2.05, 4.69) is 66.3 Å². The number of carbonyl (C=O) groups excluding carboxylic acids is 2. The van der Waals surface area contributed by atoms with Crippen LogP contribution < -0.4 is 29.6 Å². The average molecular weight is 1120 g/mol. The van der Waals surface area contributed by atoms with Crippen LogP contribution in [-0.4, -0.2) is 178 Å². The second-order valence-corrected chi connectivity index (χ2v) is 23.4. The lowest BCUT2D eigenvalue weighted by molar-refractivity contribution is -0.146. The number of sulfonamides is 2. The van der Waals surface area contributed by atoms with E-state index in [1.165, 1.54) is 85.0 Å². The zero-order chi connectivity index (χ0) is 54.7. The molecule has 0 spiro atoms. The van der Waals surface area contributed by atoms with Crippen LogP contribution >= 0.6 is 0 Å². The second-order valence-electron chi connectivity index (χ2n) is 19.9. The minimum Gasteiger partial charge on any atom is -0.484 e. The van der Waals surface area contributed by atoms with Gasteiger partial charge in [0.1, 0.15) is 23.7 Å². The Morgan fingerprint density at radius 2 is 0.821 bits per heavy atom. The SMILES string of the molecule is O=C(NCCOCCOCCNS(=O)(=O)c1ccc(O[C@H]2c3ccccc3C[C@@H]2N2CCCCC2)cc1)[C@H](O)[C@@H](O)C(=O)NCCOCCOCCNS(=O)(=O)c1ccc(O[C@H]2c3ccccc3C[C@@H]2N2CCCCC2)cc1. The van der Waals surface area contributed by atoms with E-state index in [4.69, 9.17) is 28.4 Å². The van der Waals surface area contributed by atoms with E-state index in [-0.39, 0.29) is 113 Å². The minimum atomic E-state index is -3.80. The standard InChI is InChI=1S/C56H76N6O14S2/c63-51(55(65)57-23-31-71-35-37-73-33-25-59-77(67,68)45-19-15-43(16-20-45)75-53-47-13-5-3-11-41(47)39-49(53)61-27-7-1-8-28-61)52(64)56(66)58-24-32-72-36-38-74-34-26-60-78(69,70)46-21-17-44(18-22-46)76-54-48-14-6-4-12-42(48)40-50(54)62-29-9-2-10-30-62/h3-6,11-22,49-54,59-60,63-64H,1-2,7-10,23-40H2,(H,57,65)(H,58,66)/t49-,50-,51+,52+,53-,54-/m0/s1. The van der Waals surface area contributed by atoms with Gasteiger partial charge in [-0.1, -0.05) is 61.4 Å². The number of likely N-dealkylation sites (tertiary alicyclic amines) is 2. The zero-order valence-electron chi connectivity index (χ0n) is 44.2. The van der Waals surface area contributed by atoms with Crippen molar-refractivity contribution in [2.24, 2.45) is 0 Å². The van der Waals surface area contributed by atoms with Gasteiger partial charge in [-0.2, -0.15) is 0 Å². The molecule has 2 aliphatic carbocycles. The maximum Gasteiger partial charge on any atom is 0.252 e. The highest BCUT2D eigenvalue weighted by Crippen LogP contribution is 2.40. The van der Waals surface area contributed by atoms with Crippen LogP contribution in [0.2, 0.25) is 0 Å². The number of carbonyl (C=O) groups is 2. The molecule has 6 N–H and O–H groups in total. The van der Waals surface area contributed by atoms with Crippen LogP contribution in [0.25, 0.3) is 0 Å². The van der Waals surface area contributed by atoms with E-state index >= 15 is 0 Å². The third-order valence-corrected chi connectivity index (χ3v) is 17.5. The molecule has 0 saturated carbocycles. The molecule has 78 heavy (non-hydrogen) atoms. The van der Waals surface area contributed by atoms with Crippen molar-refractivity contribution in [1.82, 2.24) is 29.9 Å². The number of rotatable bonds is 31. The molecule has 2 fully saturated rings. The van der Waals surface area contributed by atoms with Crippen LogP contribution in [0, 0.1) is 0 Å². The van der Waals surface area contributed by atoms with Crippen LogP contribution in [0.3, 0.4) is 0 Å². The molecule has 22 heteroatoms. The van der Waals surface area contributed by atoms with E-state index in [0.29, 0.717) is 11.5 Å². The molecule has 4 aromatic carbocycles. The molecular weight excluding hydrogens is 1040 g/mol. The predicted molar refractivity (Wildman–Crippen MR) is 290 cm³/mol. The Labute approximate surface area is 458 Å². The lowest BCUT2D eigenvalue weighted by atomic mass is 10.0. The topological polar surface area (TPSA) is 253 Å². The van der Waals surface area contributed by atoms with Gasteiger partial charge in [-0.25, -0.2) is 26.3 Å². The van der Waals surface area contributed by atoms with Gasteiger partial charge in [-0.15, -0.1) is 0 Å². The molecule has 8 rings (SSSR count). The van der Waals surface area contributed by atoms with E-state index in [9.17, 15) is 36.6 Å². The molecule has 4 aliphatic rings. The fourth-order valence-electron chi connectivity index (χ4n) is 10.5. The molecule has 2 saturated heterocycles. The molecule has 426 valence electrons. The van der Waals surface area contributed by atoms with Crippen molar-refractivity contribution in [3.8, 4) is 11.5 Å². The molecule has 0 radical (unpaired) electrons. The van der Waals surface area contributed by atoms with Crippen molar-refractivity contribution < 1.29 is 65.1 Å². The number of nitrogens with zero attached hydrogens (tertiary/aromatic N) is 2. The highest BCUT2D eigenvalue weighted by atomic mass is 32.2. The first kappa shape index (κ1) is 59.1. The summed E-state index contributed by atoms with van der Waals surface area (Å²) in [6.45, 7) is 5.06. The number of fused-ring (bicyclic) bond motifs is 2. The number of aliphatic hydroxyl groups is 2. The summed E-state index contributed by atoms with van der Waals surface area (Å²) in [5.41, 5.74) is 4.94. The van der Waals surface area contributed by atoms with Crippen LogP contribution in [0.15, 0.2) is 107 Å². The number of amides is 2. The molecule has 2 heterocycles. The third-order valence-electron chi connectivity index (χ3n) is 14.5. The Hall–Kier alpha value is -5.08. The molecule has 4 aromatic rings. The predicted octanol–water partition coefficient (Wildman–Crippen LogP) is 3.03. The third kappa shape index (κ3) is 16.5. The highest BCUT2D eigenvalue weighted by molar-refractivity contribution is 7.89. The van der Waals surface area contributed by atoms with Gasteiger partial charge in [0, 0.05) is 26.2 Å². The van der Waals surface area contributed by atoms with Crippen molar-refractivity contribution in [1.29, 1.82) is 0 Å². The van der Waals surface area contributed by atoms with Gasteiger partial charge in [-0.3, -0.25) is 19.4 Å². The van der Waals surface area contributed by atoms with Crippen LogP contribution in [0.1, 0.15) is 73.0 Å². The first-order valence-corrected chi connectivity index (χ1v) is 30.2. The summed E-state index contributed by atoms with van der Waals surface area (Å²) in [6, 6.07) is 30.1. The summed E-state index contributed by atoms with van der Waals surface area (Å²) in [4.78, 5) is 30.0. The van der Waals surface area contributed by atoms with Crippen molar-refractivity contribution in [3.63, 3.8) is 0 Å². The van der Waals surface area contributed by atoms with Gasteiger partial charge in [0.25, 0.3) is 11.8 Å². The van der Waals surface area contributed by atoms with Crippen LogP contribution in [-0.2, 0) is 61.4 Å². The molecule has 2 amide bonds. The summed E-state index contributed by atoms with van der Waals surface area (Å²) >= 11 is 0. The summed E-state index contributed by atoms with van der Waals surface area (Å²) in [5, 5.41) is 25.2. The molecule has 2 aliphatic heterocycles. The summed E-state index contributed by atoms with van der Waals surface area (Å²) < 4.78 is 91.9.